The molecule has 1 rings (SSSR count). The fourth-order valence-electron chi connectivity index (χ4n) is 2.73. The maximum Gasteiger partial charge on any atom is 0.227 e. The molecule has 0 aromatic rings. The largest absolute Gasteiger partial charge is 0.379 e. The van der Waals surface area contributed by atoms with E-state index in [9.17, 15) is 4.79 Å². The minimum atomic E-state index is -0.418. The monoisotopic (exact) mass is 285 g/mol. The van der Waals surface area contributed by atoms with Crippen molar-refractivity contribution in [1.82, 2.24) is 10.2 Å². The van der Waals surface area contributed by atoms with Gasteiger partial charge in [0.15, 0.2) is 0 Å². The van der Waals surface area contributed by atoms with Gasteiger partial charge in [0.25, 0.3) is 0 Å². The average molecular weight is 285 g/mol. The zero-order valence-corrected chi connectivity index (χ0v) is 13.4. The number of hydrogen-bond donors (Lipinski definition) is 2. The summed E-state index contributed by atoms with van der Waals surface area (Å²) < 4.78 is 5.37. The van der Waals surface area contributed by atoms with Gasteiger partial charge in [0.1, 0.15) is 0 Å². The van der Waals surface area contributed by atoms with Crippen LogP contribution in [0, 0.1) is 5.41 Å². The van der Waals surface area contributed by atoms with Crippen molar-refractivity contribution in [3.05, 3.63) is 0 Å². The molecule has 1 amide bonds. The zero-order valence-electron chi connectivity index (χ0n) is 13.4. The van der Waals surface area contributed by atoms with Gasteiger partial charge >= 0.3 is 0 Å². The molecule has 5 heteroatoms. The van der Waals surface area contributed by atoms with E-state index in [2.05, 4.69) is 24.1 Å². The number of ether oxygens (including phenoxy) is 1. The van der Waals surface area contributed by atoms with E-state index in [1.54, 1.807) is 0 Å². The van der Waals surface area contributed by atoms with Gasteiger partial charge in [0.05, 0.1) is 18.6 Å². The first-order valence-corrected chi connectivity index (χ1v) is 7.83. The number of nitrogens with zero attached hydrogens (tertiary/aromatic N) is 1. The van der Waals surface area contributed by atoms with Crippen molar-refractivity contribution >= 4 is 5.91 Å². The Morgan fingerprint density at radius 3 is 2.30 bits per heavy atom. The lowest BCUT2D eigenvalue weighted by Crippen LogP contribution is -2.55. The Balaban J connectivity index is 2.59. The number of rotatable bonds is 7. The van der Waals surface area contributed by atoms with Gasteiger partial charge in [-0.3, -0.25) is 9.69 Å². The molecule has 0 saturated carbocycles. The van der Waals surface area contributed by atoms with Crippen molar-refractivity contribution in [2.24, 2.45) is 11.1 Å². The van der Waals surface area contributed by atoms with Crippen LogP contribution in [0.2, 0.25) is 0 Å². The van der Waals surface area contributed by atoms with E-state index in [0.29, 0.717) is 12.6 Å². The van der Waals surface area contributed by atoms with Crippen molar-refractivity contribution in [2.45, 2.75) is 52.6 Å². The van der Waals surface area contributed by atoms with Crippen LogP contribution in [-0.2, 0) is 9.53 Å². The second kappa shape index (κ2) is 7.96. The molecule has 1 fully saturated rings. The summed E-state index contributed by atoms with van der Waals surface area (Å²) in [5.74, 6) is 0.0950. The molecule has 0 aliphatic carbocycles. The Morgan fingerprint density at radius 1 is 1.30 bits per heavy atom. The summed E-state index contributed by atoms with van der Waals surface area (Å²) in [4.78, 5) is 14.9. The lowest BCUT2D eigenvalue weighted by Gasteiger charge is -2.37. The van der Waals surface area contributed by atoms with Gasteiger partial charge in [-0.2, -0.15) is 0 Å². The highest BCUT2D eigenvalue weighted by Gasteiger charge is 2.35. The number of hydrogen-bond acceptors (Lipinski definition) is 4. The lowest BCUT2D eigenvalue weighted by molar-refractivity contribution is -0.132. The molecule has 2 atom stereocenters. The SMILES string of the molecule is CCC(CC)(CN)C(=O)NC(C)C(C)N1CCOCC1. The summed E-state index contributed by atoms with van der Waals surface area (Å²) in [5, 5.41) is 3.17. The second-order valence-corrected chi connectivity index (χ2v) is 5.84. The van der Waals surface area contributed by atoms with Crippen LogP contribution < -0.4 is 11.1 Å². The van der Waals surface area contributed by atoms with Crippen LogP contribution >= 0.6 is 0 Å². The first-order valence-electron chi connectivity index (χ1n) is 7.83. The van der Waals surface area contributed by atoms with Crippen LogP contribution in [-0.4, -0.2) is 55.7 Å². The van der Waals surface area contributed by atoms with E-state index >= 15 is 0 Å². The topological polar surface area (TPSA) is 67.6 Å². The van der Waals surface area contributed by atoms with E-state index in [-0.39, 0.29) is 11.9 Å². The third-order valence-corrected chi connectivity index (χ3v) is 4.93. The summed E-state index contributed by atoms with van der Waals surface area (Å²) in [6.07, 6.45) is 1.56. The van der Waals surface area contributed by atoms with Crippen LogP contribution in [0.3, 0.4) is 0 Å². The quantitative estimate of drug-likeness (QED) is 0.731. The van der Waals surface area contributed by atoms with Crippen LogP contribution in [0.25, 0.3) is 0 Å². The molecule has 1 heterocycles. The van der Waals surface area contributed by atoms with E-state index in [1.165, 1.54) is 0 Å². The summed E-state index contributed by atoms with van der Waals surface area (Å²) in [6, 6.07) is 0.427. The van der Waals surface area contributed by atoms with E-state index in [4.69, 9.17) is 10.5 Å². The molecule has 1 aliphatic heterocycles. The highest BCUT2D eigenvalue weighted by molar-refractivity contribution is 5.83. The van der Waals surface area contributed by atoms with Gasteiger partial charge < -0.3 is 15.8 Å². The Labute approximate surface area is 123 Å². The Bertz CT molecular complexity index is 291. The molecule has 0 bridgehead atoms. The first kappa shape index (κ1) is 17.4. The van der Waals surface area contributed by atoms with Gasteiger partial charge in [-0.1, -0.05) is 13.8 Å². The molecule has 0 radical (unpaired) electrons. The molecular formula is C15H31N3O2. The highest BCUT2D eigenvalue weighted by atomic mass is 16.5. The van der Waals surface area contributed by atoms with Gasteiger partial charge in [-0.25, -0.2) is 0 Å². The molecule has 0 aromatic heterocycles. The predicted molar refractivity (Wildman–Crippen MR) is 81.5 cm³/mol. The average Bonchev–Trinajstić information content (AvgIpc) is 2.49. The molecule has 20 heavy (non-hydrogen) atoms. The maximum absolute atomic E-state index is 12.5. The Morgan fingerprint density at radius 2 is 1.85 bits per heavy atom. The minimum absolute atomic E-state index is 0.0950. The number of carbonyl (C=O) groups excluding carboxylic acids is 1. The van der Waals surface area contributed by atoms with E-state index < -0.39 is 5.41 Å². The van der Waals surface area contributed by atoms with E-state index in [0.717, 1.165) is 39.1 Å². The molecule has 1 saturated heterocycles. The number of carbonyl (C=O) groups is 1. The molecule has 118 valence electrons. The van der Waals surface area contributed by atoms with Gasteiger partial charge in [0, 0.05) is 31.7 Å². The number of amides is 1. The number of morpholine rings is 1. The maximum atomic E-state index is 12.5. The highest BCUT2D eigenvalue weighted by Crippen LogP contribution is 2.25. The Hall–Kier alpha value is -0.650. The number of nitrogens with two attached hydrogens (primary N) is 1. The summed E-state index contributed by atoms with van der Waals surface area (Å²) in [7, 11) is 0. The molecule has 2 unspecified atom stereocenters. The van der Waals surface area contributed by atoms with Gasteiger partial charge in [-0.05, 0) is 26.7 Å². The molecule has 0 spiro atoms. The van der Waals surface area contributed by atoms with Crippen molar-refractivity contribution in [3.63, 3.8) is 0 Å². The molecule has 5 nitrogen and oxygen atoms in total. The fourth-order valence-corrected chi connectivity index (χ4v) is 2.73. The summed E-state index contributed by atoms with van der Waals surface area (Å²) >= 11 is 0. The fraction of sp³-hybridized carbons (Fsp3) is 0.933. The molecular weight excluding hydrogens is 254 g/mol. The molecule has 0 aromatic carbocycles. The first-order chi connectivity index (χ1) is 9.50. The van der Waals surface area contributed by atoms with Gasteiger partial charge in [-0.15, -0.1) is 0 Å². The van der Waals surface area contributed by atoms with Gasteiger partial charge in [0.2, 0.25) is 5.91 Å². The zero-order chi connectivity index (χ0) is 15.2. The standard InChI is InChI=1S/C15H31N3O2/c1-5-15(6-2,11-16)14(19)17-12(3)13(4)18-7-9-20-10-8-18/h12-13H,5-11,16H2,1-4H3,(H,17,19). The third-order valence-electron chi connectivity index (χ3n) is 4.93. The molecule has 1 aliphatic rings. The normalized spacial score (nSPS) is 20.4. The summed E-state index contributed by atoms with van der Waals surface area (Å²) in [5.41, 5.74) is 5.42. The van der Waals surface area contributed by atoms with Crippen LogP contribution in [0.15, 0.2) is 0 Å². The van der Waals surface area contributed by atoms with Crippen molar-refractivity contribution in [1.29, 1.82) is 0 Å². The minimum Gasteiger partial charge on any atom is -0.379 e. The van der Waals surface area contributed by atoms with Crippen LogP contribution in [0.5, 0.6) is 0 Å². The van der Waals surface area contributed by atoms with Crippen LogP contribution in [0.4, 0.5) is 0 Å². The molecule has 3 N–H and O–H groups in total. The third kappa shape index (κ3) is 3.93. The second-order valence-electron chi connectivity index (χ2n) is 5.84. The van der Waals surface area contributed by atoms with E-state index in [1.807, 2.05) is 13.8 Å². The predicted octanol–water partition coefficient (Wildman–Crippen LogP) is 0.977. The Kier molecular flexibility index (Phi) is 6.92. The summed E-state index contributed by atoms with van der Waals surface area (Å²) in [6.45, 7) is 12.1. The lowest BCUT2D eigenvalue weighted by atomic mass is 9.81. The smallest absolute Gasteiger partial charge is 0.227 e. The number of nitrogens with one attached hydrogen (secondary N) is 1. The van der Waals surface area contributed by atoms with Crippen molar-refractivity contribution in [3.8, 4) is 0 Å². The van der Waals surface area contributed by atoms with Crippen molar-refractivity contribution < 1.29 is 9.53 Å². The van der Waals surface area contributed by atoms with Crippen molar-refractivity contribution in [2.75, 3.05) is 32.8 Å². The van der Waals surface area contributed by atoms with Crippen LogP contribution in [0.1, 0.15) is 40.5 Å².